The van der Waals surface area contributed by atoms with E-state index in [2.05, 4.69) is 10.0 Å². The van der Waals surface area contributed by atoms with E-state index in [0.717, 1.165) is 0 Å². The summed E-state index contributed by atoms with van der Waals surface area (Å²) in [5.41, 5.74) is -0.629. The van der Waals surface area contributed by atoms with Crippen LogP contribution in [0, 0.1) is 0 Å². The minimum atomic E-state index is -3.63. The molecule has 0 atom stereocenters. The average Bonchev–Trinajstić information content (AvgIpc) is 2.44. The summed E-state index contributed by atoms with van der Waals surface area (Å²) in [6.45, 7) is 4.05. The fourth-order valence-electron chi connectivity index (χ4n) is 1.96. The summed E-state index contributed by atoms with van der Waals surface area (Å²) in [5.74, 6) is 0.130. The molecule has 0 aliphatic carbocycles. The minimum absolute atomic E-state index is 0.0762. The third kappa shape index (κ3) is 3.57. The molecule has 0 aromatic heterocycles. The number of methoxy groups -OCH3 is 1. The van der Waals surface area contributed by atoms with Crippen molar-refractivity contribution in [2.75, 3.05) is 25.6 Å². The number of anilines is 1. The van der Waals surface area contributed by atoms with Crippen LogP contribution < -0.4 is 14.8 Å². The van der Waals surface area contributed by atoms with Crippen molar-refractivity contribution in [2.45, 2.75) is 30.8 Å². The van der Waals surface area contributed by atoms with E-state index >= 15 is 0 Å². The van der Waals surface area contributed by atoms with Gasteiger partial charge in [0, 0.05) is 20.3 Å². The van der Waals surface area contributed by atoms with Gasteiger partial charge >= 0.3 is 0 Å². The Labute approximate surface area is 130 Å². The first-order valence-corrected chi connectivity index (χ1v) is 8.38. The first kappa shape index (κ1) is 16.7. The Morgan fingerprint density at radius 1 is 1.36 bits per heavy atom. The molecule has 0 fully saturated rings. The number of benzene rings is 1. The topological polar surface area (TPSA) is 93.7 Å². The van der Waals surface area contributed by atoms with Gasteiger partial charge in [0.05, 0.1) is 10.6 Å². The third-order valence-corrected chi connectivity index (χ3v) is 4.70. The predicted octanol–water partition coefficient (Wildman–Crippen LogP) is 1.11. The molecule has 0 spiro atoms. The van der Waals surface area contributed by atoms with Gasteiger partial charge in [0.25, 0.3) is 5.91 Å². The van der Waals surface area contributed by atoms with E-state index in [1.165, 1.54) is 12.1 Å². The van der Waals surface area contributed by atoms with E-state index in [1.54, 1.807) is 27.0 Å². The highest BCUT2D eigenvalue weighted by molar-refractivity contribution is 7.89. The molecular formula is C14H20N2O5S. The number of amides is 1. The largest absolute Gasteiger partial charge is 0.476 e. The monoisotopic (exact) mass is 328 g/mol. The second-order valence-corrected chi connectivity index (χ2v) is 7.24. The maximum atomic E-state index is 12.2. The average molecular weight is 328 g/mol. The van der Waals surface area contributed by atoms with E-state index in [9.17, 15) is 13.2 Å². The number of rotatable bonds is 6. The lowest BCUT2D eigenvalue weighted by Gasteiger charge is -2.31. The molecule has 1 aliphatic rings. The number of carbonyl (C=O) groups excluding carboxylic acids is 1. The van der Waals surface area contributed by atoms with Gasteiger partial charge in [-0.05, 0) is 38.5 Å². The van der Waals surface area contributed by atoms with E-state index in [-0.39, 0.29) is 17.3 Å². The van der Waals surface area contributed by atoms with E-state index in [4.69, 9.17) is 9.47 Å². The Bertz CT molecular complexity index is 670. The first-order chi connectivity index (χ1) is 10.3. The Hall–Kier alpha value is -1.64. The minimum Gasteiger partial charge on any atom is -0.476 e. The van der Waals surface area contributed by atoms with Crippen LogP contribution in [0.1, 0.15) is 20.3 Å². The first-order valence-electron chi connectivity index (χ1n) is 6.89. The lowest BCUT2D eigenvalue weighted by atomic mass is 10.1. The highest BCUT2D eigenvalue weighted by Crippen LogP contribution is 2.35. The summed E-state index contributed by atoms with van der Waals surface area (Å²) in [5, 5.41) is 2.66. The maximum absolute atomic E-state index is 12.2. The van der Waals surface area contributed by atoms with Crippen LogP contribution in [0.4, 0.5) is 5.69 Å². The molecule has 1 amide bonds. The molecule has 2 rings (SSSR count). The van der Waals surface area contributed by atoms with Gasteiger partial charge in [-0.25, -0.2) is 13.1 Å². The standard InChI is InChI=1S/C14H20N2O5S/c1-14(2)13(17)16-11-9-10(5-6-12(11)21-14)22(18,19)15-7-4-8-20-3/h5-6,9,15H,4,7-8H2,1-3H3,(H,16,17). The second kappa shape index (κ2) is 6.23. The molecule has 8 heteroatoms. The molecule has 0 bridgehead atoms. The molecule has 122 valence electrons. The molecule has 0 unspecified atom stereocenters. The van der Waals surface area contributed by atoms with Crippen LogP contribution >= 0.6 is 0 Å². The third-order valence-electron chi connectivity index (χ3n) is 3.24. The number of carbonyl (C=O) groups is 1. The molecule has 1 heterocycles. The van der Waals surface area contributed by atoms with E-state index in [1.807, 2.05) is 0 Å². The van der Waals surface area contributed by atoms with E-state index < -0.39 is 15.6 Å². The quantitative estimate of drug-likeness (QED) is 0.763. The van der Waals surface area contributed by atoms with Crippen molar-refractivity contribution < 1.29 is 22.7 Å². The van der Waals surface area contributed by atoms with Gasteiger partial charge in [0.1, 0.15) is 5.75 Å². The van der Waals surface area contributed by atoms with Crippen LogP contribution in [0.2, 0.25) is 0 Å². The lowest BCUT2D eigenvalue weighted by molar-refractivity contribution is -0.129. The number of sulfonamides is 1. The van der Waals surface area contributed by atoms with Crippen molar-refractivity contribution in [1.82, 2.24) is 4.72 Å². The predicted molar refractivity (Wildman–Crippen MR) is 81.5 cm³/mol. The van der Waals surface area contributed by atoms with Crippen LogP contribution in [0.3, 0.4) is 0 Å². The molecule has 1 aromatic rings. The molecule has 0 saturated heterocycles. The summed E-state index contributed by atoms with van der Waals surface area (Å²) in [6, 6.07) is 4.38. The van der Waals surface area contributed by atoms with Gasteiger partial charge < -0.3 is 14.8 Å². The van der Waals surface area contributed by atoms with Crippen molar-refractivity contribution in [3.05, 3.63) is 18.2 Å². The Kier molecular flexibility index (Phi) is 4.74. The maximum Gasteiger partial charge on any atom is 0.268 e. The van der Waals surface area contributed by atoms with Gasteiger partial charge in [0.15, 0.2) is 5.60 Å². The highest BCUT2D eigenvalue weighted by atomic mass is 32.2. The molecule has 22 heavy (non-hydrogen) atoms. The molecule has 2 N–H and O–H groups in total. The number of nitrogens with one attached hydrogen (secondary N) is 2. The summed E-state index contributed by atoms with van der Waals surface area (Å²) >= 11 is 0. The fraction of sp³-hybridized carbons (Fsp3) is 0.500. The zero-order valence-corrected chi connectivity index (χ0v) is 13.6. The van der Waals surface area contributed by atoms with Crippen LogP contribution in [0.5, 0.6) is 5.75 Å². The van der Waals surface area contributed by atoms with Crippen molar-refractivity contribution in [2.24, 2.45) is 0 Å². The SMILES string of the molecule is COCCCNS(=O)(=O)c1ccc2c(c1)NC(=O)C(C)(C)O2. The van der Waals surface area contributed by atoms with Gasteiger partial charge in [-0.2, -0.15) is 0 Å². The van der Waals surface area contributed by atoms with Crippen LogP contribution in [-0.4, -0.2) is 40.2 Å². The Morgan fingerprint density at radius 3 is 2.77 bits per heavy atom. The fourth-order valence-corrected chi connectivity index (χ4v) is 3.06. The van der Waals surface area contributed by atoms with Crippen molar-refractivity contribution in [3.8, 4) is 5.75 Å². The normalized spacial score (nSPS) is 16.6. The lowest BCUT2D eigenvalue weighted by Crippen LogP contribution is -2.45. The zero-order chi connectivity index (χ0) is 16.4. The molecule has 0 saturated carbocycles. The summed E-state index contributed by atoms with van der Waals surface area (Å²) in [7, 11) is -2.08. The number of hydrogen-bond acceptors (Lipinski definition) is 5. The zero-order valence-electron chi connectivity index (χ0n) is 12.8. The second-order valence-electron chi connectivity index (χ2n) is 5.47. The Morgan fingerprint density at radius 2 is 2.09 bits per heavy atom. The van der Waals surface area contributed by atoms with Crippen LogP contribution in [-0.2, 0) is 19.6 Å². The summed E-state index contributed by atoms with van der Waals surface area (Å²) < 4.78 is 37.3. The van der Waals surface area contributed by atoms with Crippen molar-refractivity contribution in [1.29, 1.82) is 0 Å². The Balaban J connectivity index is 2.18. The van der Waals surface area contributed by atoms with Gasteiger partial charge in [-0.1, -0.05) is 0 Å². The van der Waals surface area contributed by atoms with E-state index in [0.29, 0.717) is 24.5 Å². The molecule has 1 aliphatic heterocycles. The summed E-state index contributed by atoms with van der Waals surface area (Å²) in [6.07, 6.45) is 0.578. The van der Waals surface area contributed by atoms with Crippen molar-refractivity contribution >= 4 is 21.6 Å². The number of fused-ring (bicyclic) bond motifs is 1. The van der Waals surface area contributed by atoms with Crippen LogP contribution in [0.15, 0.2) is 23.1 Å². The van der Waals surface area contributed by atoms with Gasteiger partial charge in [-0.15, -0.1) is 0 Å². The molecule has 0 radical (unpaired) electrons. The van der Waals surface area contributed by atoms with Crippen molar-refractivity contribution in [3.63, 3.8) is 0 Å². The highest BCUT2D eigenvalue weighted by Gasteiger charge is 2.35. The van der Waals surface area contributed by atoms with Gasteiger partial charge in [0.2, 0.25) is 10.0 Å². The smallest absolute Gasteiger partial charge is 0.268 e. The summed E-state index contributed by atoms with van der Waals surface area (Å²) in [4.78, 5) is 11.9. The molecule has 7 nitrogen and oxygen atoms in total. The molecular weight excluding hydrogens is 308 g/mol. The molecule has 1 aromatic carbocycles. The van der Waals surface area contributed by atoms with Crippen LogP contribution in [0.25, 0.3) is 0 Å². The number of hydrogen-bond donors (Lipinski definition) is 2. The number of ether oxygens (including phenoxy) is 2. The van der Waals surface area contributed by atoms with Gasteiger partial charge in [-0.3, -0.25) is 4.79 Å².